The van der Waals surface area contributed by atoms with E-state index in [1.54, 1.807) is 17.5 Å². The molecule has 0 aliphatic carbocycles. The lowest BCUT2D eigenvalue weighted by Gasteiger charge is -2.04. The summed E-state index contributed by atoms with van der Waals surface area (Å²) in [6.07, 6.45) is 3.74. The van der Waals surface area contributed by atoms with E-state index < -0.39 is 0 Å². The van der Waals surface area contributed by atoms with Gasteiger partial charge in [-0.1, -0.05) is 13.8 Å². The van der Waals surface area contributed by atoms with Crippen LogP contribution in [0.3, 0.4) is 0 Å². The molecule has 0 radical (unpaired) electrons. The molecule has 0 aliphatic heterocycles. The van der Waals surface area contributed by atoms with E-state index in [0.717, 1.165) is 30.3 Å². The topological polar surface area (TPSA) is 42.7 Å². The van der Waals surface area contributed by atoms with E-state index in [1.807, 2.05) is 16.9 Å². The molecule has 4 nitrogen and oxygen atoms in total. The van der Waals surface area contributed by atoms with Crippen LogP contribution in [0.1, 0.15) is 24.5 Å². The third kappa shape index (κ3) is 3.94. The molecular weight excluding hydrogens is 232 g/mol. The van der Waals surface area contributed by atoms with E-state index in [1.165, 1.54) is 0 Å². The second-order valence-electron chi connectivity index (χ2n) is 4.46. The highest BCUT2D eigenvalue weighted by Crippen LogP contribution is 2.10. The predicted molar refractivity (Wildman–Crippen MR) is 70.0 cm³/mol. The average molecular weight is 250 g/mol. The molecule has 2 rings (SSSR count). The fourth-order valence-electron chi connectivity index (χ4n) is 1.53. The van der Waals surface area contributed by atoms with Gasteiger partial charge in [0.05, 0.1) is 12.2 Å². The van der Waals surface area contributed by atoms with Crippen LogP contribution in [-0.2, 0) is 13.1 Å². The zero-order valence-corrected chi connectivity index (χ0v) is 11.1. The molecule has 0 atom stereocenters. The van der Waals surface area contributed by atoms with Gasteiger partial charge >= 0.3 is 0 Å². The highest BCUT2D eigenvalue weighted by molar-refractivity contribution is 7.09. The van der Waals surface area contributed by atoms with Crippen LogP contribution in [0.25, 0.3) is 0 Å². The van der Waals surface area contributed by atoms with Crippen LogP contribution >= 0.6 is 11.3 Å². The summed E-state index contributed by atoms with van der Waals surface area (Å²) in [6.45, 7) is 7.07. The predicted octanol–water partition coefficient (Wildman–Crippen LogP) is 2.13. The summed E-state index contributed by atoms with van der Waals surface area (Å²) in [7, 11) is 0. The second-order valence-corrected chi connectivity index (χ2v) is 5.40. The maximum atomic E-state index is 4.58. The molecule has 17 heavy (non-hydrogen) atoms. The maximum Gasteiger partial charge on any atom is 0.107 e. The van der Waals surface area contributed by atoms with E-state index in [-0.39, 0.29) is 0 Å². The van der Waals surface area contributed by atoms with Gasteiger partial charge in [0.2, 0.25) is 0 Å². The molecule has 0 unspecified atom stereocenters. The van der Waals surface area contributed by atoms with Gasteiger partial charge in [-0.2, -0.15) is 5.10 Å². The molecule has 0 bridgehead atoms. The van der Waals surface area contributed by atoms with Crippen molar-refractivity contribution < 1.29 is 0 Å². The lowest BCUT2D eigenvalue weighted by Crippen LogP contribution is -2.18. The van der Waals surface area contributed by atoms with Gasteiger partial charge in [0, 0.05) is 24.3 Å². The van der Waals surface area contributed by atoms with Crippen LogP contribution in [0, 0.1) is 5.92 Å². The molecule has 0 aromatic carbocycles. The monoisotopic (exact) mass is 250 g/mol. The van der Waals surface area contributed by atoms with Crippen LogP contribution in [0.5, 0.6) is 0 Å². The zero-order chi connectivity index (χ0) is 12.1. The Balaban J connectivity index is 1.83. The molecule has 2 aromatic heterocycles. The van der Waals surface area contributed by atoms with E-state index >= 15 is 0 Å². The molecule has 2 aromatic rings. The van der Waals surface area contributed by atoms with Gasteiger partial charge < -0.3 is 5.32 Å². The Bertz CT molecular complexity index is 433. The van der Waals surface area contributed by atoms with Crippen molar-refractivity contribution >= 4 is 11.3 Å². The van der Waals surface area contributed by atoms with Gasteiger partial charge in [0.25, 0.3) is 0 Å². The molecule has 2 heterocycles. The molecule has 0 amide bonds. The Hall–Kier alpha value is -1.20. The number of rotatable bonds is 6. The smallest absolute Gasteiger partial charge is 0.107 e. The summed E-state index contributed by atoms with van der Waals surface area (Å²) in [5.41, 5.74) is 1.08. The third-order valence-corrected chi connectivity index (χ3v) is 3.21. The summed E-state index contributed by atoms with van der Waals surface area (Å²) in [5, 5.41) is 10.8. The quantitative estimate of drug-likeness (QED) is 0.854. The molecular formula is C12H18N4S. The lowest BCUT2D eigenvalue weighted by molar-refractivity contribution is 0.550. The molecule has 0 spiro atoms. The molecule has 0 fully saturated rings. The number of nitrogens with one attached hydrogen (secondary N) is 1. The van der Waals surface area contributed by atoms with Crippen molar-refractivity contribution in [1.29, 1.82) is 0 Å². The zero-order valence-electron chi connectivity index (χ0n) is 10.3. The SMILES string of the molecule is CC(C)CNCc1nc(Cn2cccn2)cs1. The number of nitrogens with zero attached hydrogens (tertiary/aromatic N) is 3. The first-order chi connectivity index (χ1) is 8.24. The highest BCUT2D eigenvalue weighted by Gasteiger charge is 2.03. The molecule has 0 saturated heterocycles. The Labute approximate surface area is 106 Å². The van der Waals surface area contributed by atoms with Crippen LogP contribution in [-0.4, -0.2) is 21.3 Å². The van der Waals surface area contributed by atoms with Gasteiger partial charge in [-0.25, -0.2) is 4.98 Å². The van der Waals surface area contributed by atoms with Crippen LogP contribution in [0.2, 0.25) is 0 Å². The number of thiazole rings is 1. The summed E-state index contributed by atoms with van der Waals surface area (Å²) in [4.78, 5) is 4.58. The van der Waals surface area contributed by atoms with Gasteiger partial charge in [-0.3, -0.25) is 4.68 Å². The summed E-state index contributed by atoms with van der Waals surface area (Å²) in [6, 6.07) is 1.93. The summed E-state index contributed by atoms with van der Waals surface area (Å²) < 4.78 is 1.89. The van der Waals surface area contributed by atoms with Gasteiger partial charge in [0.1, 0.15) is 5.01 Å². The molecule has 1 N–H and O–H groups in total. The van der Waals surface area contributed by atoms with Crippen molar-refractivity contribution in [2.75, 3.05) is 6.54 Å². The van der Waals surface area contributed by atoms with Gasteiger partial charge in [-0.15, -0.1) is 11.3 Å². The van der Waals surface area contributed by atoms with Crippen LogP contribution in [0.15, 0.2) is 23.8 Å². The second kappa shape index (κ2) is 5.93. The fourth-order valence-corrected chi connectivity index (χ4v) is 2.29. The molecule has 0 saturated carbocycles. The van der Waals surface area contributed by atoms with Crippen molar-refractivity contribution in [3.63, 3.8) is 0 Å². The molecule has 0 aliphatic rings. The van der Waals surface area contributed by atoms with Gasteiger partial charge in [-0.05, 0) is 18.5 Å². The van der Waals surface area contributed by atoms with E-state index in [9.17, 15) is 0 Å². The van der Waals surface area contributed by atoms with Crippen molar-refractivity contribution in [2.45, 2.75) is 26.9 Å². The number of hydrogen-bond donors (Lipinski definition) is 1. The summed E-state index contributed by atoms with van der Waals surface area (Å²) >= 11 is 1.71. The minimum Gasteiger partial charge on any atom is -0.310 e. The van der Waals surface area contributed by atoms with Crippen molar-refractivity contribution in [1.82, 2.24) is 20.1 Å². The molecule has 92 valence electrons. The first-order valence-electron chi connectivity index (χ1n) is 5.85. The normalized spacial score (nSPS) is 11.2. The average Bonchev–Trinajstić information content (AvgIpc) is 2.90. The Morgan fingerprint density at radius 1 is 1.47 bits per heavy atom. The maximum absolute atomic E-state index is 4.58. The largest absolute Gasteiger partial charge is 0.310 e. The minimum atomic E-state index is 0.679. The van der Waals surface area contributed by atoms with Crippen LogP contribution < -0.4 is 5.32 Å². The van der Waals surface area contributed by atoms with Crippen LogP contribution in [0.4, 0.5) is 0 Å². The van der Waals surface area contributed by atoms with E-state index in [0.29, 0.717) is 5.92 Å². The van der Waals surface area contributed by atoms with Gasteiger partial charge in [0.15, 0.2) is 0 Å². The highest BCUT2D eigenvalue weighted by atomic mass is 32.1. The summed E-state index contributed by atoms with van der Waals surface area (Å²) in [5.74, 6) is 0.679. The Morgan fingerprint density at radius 2 is 2.35 bits per heavy atom. The fraction of sp³-hybridized carbons (Fsp3) is 0.500. The Morgan fingerprint density at radius 3 is 3.06 bits per heavy atom. The number of hydrogen-bond acceptors (Lipinski definition) is 4. The van der Waals surface area contributed by atoms with Crippen molar-refractivity contribution in [2.24, 2.45) is 5.92 Å². The van der Waals surface area contributed by atoms with E-state index in [4.69, 9.17) is 0 Å². The van der Waals surface area contributed by atoms with E-state index in [2.05, 4.69) is 34.6 Å². The Kier molecular flexibility index (Phi) is 4.28. The standard InChI is InChI=1S/C12H18N4S/c1-10(2)6-13-7-12-15-11(9-17-12)8-16-5-3-4-14-16/h3-5,9-10,13H,6-8H2,1-2H3. The molecule has 5 heteroatoms. The first-order valence-corrected chi connectivity index (χ1v) is 6.73. The lowest BCUT2D eigenvalue weighted by atomic mass is 10.2. The first kappa shape index (κ1) is 12.3. The van der Waals surface area contributed by atoms with Crippen molar-refractivity contribution in [3.05, 3.63) is 34.5 Å². The number of aromatic nitrogens is 3. The minimum absolute atomic E-state index is 0.679. The third-order valence-electron chi connectivity index (χ3n) is 2.31. The van der Waals surface area contributed by atoms with Crippen molar-refractivity contribution in [3.8, 4) is 0 Å².